The van der Waals surface area contributed by atoms with Crippen molar-refractivity contribution < 1.29 is 0 Å². The molecule has 1 atom stereocenters. The lowest BCUT2D eigenvalue weighted by Gasteiger charge is -2.34. The van der Waals surface area contributed by atoms with E-state index >= 15 is 0 Å². The van der Waals surface area contributed by atoms with E-state index in [0.29, 0.717) is 6.04 Å². The summed E-state index contributed by atoms with van der Waals surface area (Å²) in [4.78, 5) is 7.36. The Labute approximate surface area is 165 Å². The highest BCUT2D eigenvalue weighted by atomic mass is 127. The van der Waals surface area contributed by atoms with Crippen LogP contribution in [-0.2, 0) is 0 Å². The maximum absolute atomic E-state index is 4.77. The van der Waals surface area contributed by atoms with E-state index < -0.39 is 0 Å². The molecule has 1 unspecified atom stereocenters. The van der Waals surface area contributed by atoms with Gasteiger partial charge in [-0.3, -0.25) is 9.89 Å². The standard InChI is InChI=1S/C17H36N4S.HI/c1-5-18-17(19-10-6-7-13-22-4)20-14-16(3)21-11-8-15(2)9-12-21;/h15-16H,5-14H2,1-4H3,(H2,18,19,20);1H. The van der Waals surface area contributed by atoms with Gasteiger partial charge < -0.3 is 10.6 Å². The molecule has 2 N–H and O–H groups in total. The predicted molar refractivity (Wildman–Crippen MR) is 116 cm³/mol. The molecule has 0 radical (unpaired) electrons. The van der Waals surface area contributed by atoms with Crippen LogP contribution in [0.2, 0.25) is 0 Å². The minimum atomic E-state index is 0. The third kappa shape index (κ3) is 10.7. The van der Waals surface area contributed by atoms with E-state index in [1.807, 2.05) is 11.8 Å². The van der Waals surface area contributed by atoms with Crippen LogP contribution in [0.15, 0.2) is 4.99 Å². The number of aliphatic imine (C=N–C) groups is 1. The average molecular weight is 456 g/mol. The number of rotatable bonds is 9. The minimum Gasteiger partial charge on any atom is -0.357 e. The minimum absolute atomic E-state index is 0. The Kier molecular flexibility index (Phi) is 14.8. The summed E-state index contributed by atoms with van der Waals surface area (Å²) >= 11 is 1.92. The Hall–Kier alpha value is 0.310. The predicted octanol–water partition coefficient (Wildman–Crippen LogP) is 3.42. The van der Waals surface area contributed by atoms with E-state index in [-0.39, 0.29) is 24.0 Å². The zero-order valence-electron chi connectivity index (χ0n) is 15.4. The highest BCUT2D eigenvalue weighted by Crippen LogP contribution is 2.17. The van der Waals surface area contributed by atoms with Gasteiger partial charge in [0.15, 0.2) is 5.96 Å². The topological polar surface area (TPSA) is 39.7 Å². The second-order valence-electron chi connectivity index (χ2n) is 6.41. The molecule has 1 rings (SSSR count). The van der Waals surface area contributed by atoms with E-state index in [1.165, 1.54) is 44.5 Å². The Bertz CT molecular complexity index is 307. The van der Waals surface area contributed by atoms with Gasteiger partial charge >= 0.3 is 0 Å². The quantitative estimate of drug-likeness (QED) is 0.242. The lowest BCUT2D eigenvalue weighted by Crippen LogP contribution is -2.43. The molecule has 6 heteroatoms. The summed E-state index contributed by atoms with van der Waals surface area (Å²) in [6.07, 6.45) is 7.33. The first-order valence-corrected chi connectivity index (χ1v) is 10.3. The molecular formula is C17H37IN4S. The van der Waals surface area contributed by atoms with Crippen molar-refractivity contribution >= 4 is 41.7 Å². The smallest absolute Gasteiger partial charge is 0.191 e. The molecule has 0 amide bonds. The second kappa shape index (κ2) is 14.6. The zero-order chi connectivity index (χ0) is 16.2. The summed E-state index contributed by atoms with van der Waals surface area (Å²) < 4.78 is 0. The van der Waals surface area contributed by atoms with Crippen molar-refractivity contribution in [2.24, 2.45) is 10.9 Å². The molecule has 0 saturated carbocycles. The Balaban J connectivity index is 0.00000484. The molecule has 4 nitrogen and oxygen atoms in total. The number of hydrogen-bond donors (Lipinski definition) is 2. The van der Waals surface area contributed by atoms with Gasteiger partial charge in [-0.2, -0.15) is 11.8 Å². The molecule has 23 heavy (non-hydrogen) atoms. The molecule has 0 aromatic heterocycles. The summed E-state index contributed by atoms with van der Waals surface area (Å²) in [6, 6.07) is 0.541. The van der Waals surface area contributed by atoms with Gasteiger partial charge in [0, 0.05) is 19.1 Å². The van der Waals surface area contributed by atoms with E-state index in [1.54, 1.807) is 0 Å². The molecule has 138 valence electrons. The highest BCUT2D eigenvalue weighted by Gasteiger charge is 2.19. The number of unbranched alkanes of at least 4 members (excludes halogenated alkanes) is 1. The van der Waals surface area contributed by atoms with Crippen LogP contribution >= 0.6 is 35.7 Å². The summed E-state index contributed by atoms with van der Waals surface area (Å²) in [5.74, 6) is 3.12. The number of piperidine rings is 1. The SMILES string of the molecule is CCNC(=NCC(C)N1CCC(C)CC1)NCCCCSC.I. The number of nitrogens with one attached hydrogen (secondary N) is 2. The molecule has 0 bridgehead atoms. The fourth-order valence-electron chi connectivity index (χ4n) is 2.73. The number of thioether (sulfide) groups is 1. The number of hydrogen-bond acceptors (Lipinski definition) is 3. The number of guanidine groups is 1. The van der Waals surface area contributed by atoms with Gasteiger partial charge in [0.2, 0.25) is 0 Å². The van der Waals surface area contributed by atoms with Crippen LogP contribution in [0.1, 0.15) is 46.5 Å². The maximum Gasteiger partial charge on any atom is 0.191 e. The monoisotopic (exact) mass is 456 g/mol. The van der Waals surface area contributed by atoms with Crippen molar-refractivity contribution in [3.63, 3.8) is 0 Å². The zero-order valence-corrected chi connectivity index (χ0v) is 18.6. The number of likely N-dealkylation sites (tertiary alicyclic amines) is 1. The largest absolute Gasteiger partial charge is 0.357 e. The molecule has 1 fully saturated rings. The van der Waals surface area contributed by atoms with Gasteiger partial charge in [0.05, 0.1) is 6.54 Å². The van der Waals surface area contributed by atoms with Crippen molar-refractivity contribution in [1.29, 1.82) is 0 Å². The van der Waals surface area contributed by atoms with Crippen LogP contribution in [-0.4, -0.2) is 61.6 Å². The van der Waals surface area contributed by atoms with Crippen molar-refractivity contribution in [3.05, 3.63) is 0 Å². The molecular weight excluding hydrogens is 419 g/mol. The number of nitrogens with zero attached hydrogens (tertiary/aromatic N) is 2. The van der Waals surface area contributed by atoms with Crippen LogP contribution in [0.25, 0.3) is 0 Å². The molecule has 1 heterocycles. The molecule has 0 aromatic rings. The maximum atomic E-state index is 4.77. The summed E-state index contributed by atoms with van der Waals surface area (Å²) in [5, 5.41) is 6.81. The Morgan fingerprint density at radius 2 is 1.96 bits per heavy atom. The van der Waals surface area contributed by atoms with Crippen LogP contribution < -0.4 is 10.6 Å². The third-order valence-electron chi connectivity index (χ3n) is 4.37. The molecule has 1 saturated heterocycles. The third-order valence-corrected chi connectivity index (χ3v) is 5.06. The first kappa shape index (κ1) is 23.3. The lowest BCUT2D eigenvalue weighted by molar-refractivity contribution is 0.150. The lowest BCUT2D eigenvalue weighted by atomic mass is 9.98. The summed E-state index contributed by atoms with van der Waals surface area (Å²) in [5.41, 5.74) is 0. The second-order valence-corrected chi connectivity index (χ2v) is 7.40. The normalized spacial score (nSPS) is 18.3. The van der Waals surface area contributed by atoms with Crippen molar-refractivity contribution in [1.82, 2.24) is 15.5 Å². The fourth-order valence-corrected chi connectivity index (χ4v) is 3.22. The van der Waals surface area contributed by atoms with Crippen LogP contribution in [0.5, 0.6) is 0 Å². The molecule has 0 spiro atoms. The Morgan fingerprint density at radius 3 is 2.57 bits per heavy atom. The number of halogens is 1. The first-order valence-electron chi connectivity index (χ1n) is 8.92. The fraction of sp³-hybridized carbons (Fsp3) is 0.941. The van der Waals surface area contributed by atoms with E-state index in [4.69, 9.17) is 4.99 Å². The first-order chi connectivity index (χ1) is 10.7. The van der Waals surface area contributed by atoms with Crippen LogP contribution in [0, 0.1) is 5.92 Å². The van der Waals surface area contributed by atoms with Gasteiger partial charge in [-0.05, 0) is 70.5 Å². The molecule has 1 aliphatic rings. The van der Waals surface area contributed by atoms with E-state index in [2.05, 4.69) is 42.6 Å². The van der Waals surface area contributed by atoms with Gasteiger partial charge in [-0.25, -0.2) is 0 Å². The highest BCUT2D eigenvalue weighted by molar-refractivity contribution is 14.0. The summed E-state index contributed by atoms with van der Waals surface area (Å²) in [7, 11) is 0. The van der Waals surface area contributed by atoms with Gasteiger partial charge in [0.1, 0.15) is 0 Å². The van der Waals surface area contributed by atoms with Crippen LogP contribution in [0.4, 0.5) is 0 Å². The molecule has 0 aliphatic carbocycles. The molecule has 1 aliphatic heterocycles. The molecule has 0 aromatic carbocycles. The van der Waals surface area contributed by atoms with Gasteiger partial charge in [-0.1, -0.05) is 6.92 Å². The van der Waals surface area contributed by atoms with Crippen molar-refractivity contribution in [2.45, 2.75) is 52.5 Å². The van der Waals surface area contributed by atoms with Crippen molar-refractivity contribution in [3.8, 4) is 0 Å². The van der Waals surface area contributed by atoms with E-state index in [0.717, 1.165) is 31.5 Å². The van der Waals surface area contributed by atoms with Gasteiger partial charge in [-0.15, -0.1) is 24.0 Å². The average Bonchev–Trinajstić information content (AvgIpc) is 2.52. The van der Waals surface area contributed by atoms with Gasteiger partial charge in [0.25, 0.3) is 0 Å². The van der Waals surface area contributed by atoms with E-state index in [9.17, 15) is 0 Å². The summed E-state index contributed by atoms with van der Waals surface area (Å²) in [6.45, 7) is 12.1. The van der Waals surface area contributed by atoms with Crippen molar-refractivity contribution in [2.75, 3.05) is 44.7 Å². The van der Waals surface area contributed by atoms with Crippen LogP contribution in [0.3, 0.4) is 0 Å². The Morgan fingerprint density at radius 1 is 1.26 bits per heavy atom.